The normalized spacial score (nSPS) is 23.8. The number of carbonyl (C=O) groups is 2. The van der Waals surface area contributed by atoms with Gasteiger partial charge in [0.1, 0.15) is 5.75 Å². The molecule has 0 unspecified atom stereocenters. The fourth-order valence-corrected chi connectivity index (χ4v) is 2.88. The third kappa shape index (κ3) is 5.58. The third-order valence-electron chi connectivity index (χ3n) is 4.52. The number of ether oxygens (including phenoxy) is 2. The Morgan fingerprint density at radius 2 is 1.87 bits per heavy atom. The number of carbonyl (C=O) groups excluding carboxylic acids is 2. The molecule has 1 saturated carbocycles. The van der Waals surface area contributed by atoms with Gasteiger partial charge in [0.15, 0.2) is 13.2 Å². The Labute approximate surface area is 137 Å². The van der Waals surface area contributed by atoms with E-state index in [-0.39, 0.29) is 25.2 Å². The number of para-hydroxylation sites is 1. The van der Waals surface area contributed by atoms with Crippen LogP contribution in [0.15, 0.2) is 30.3 Å². The summed E-state index contributed by atoms with van der Waals surface area (Å²) >= 11 is 0. The highest BCUT2D eigenvalue weighted by Crippen LogP contribution is 2.29. The van der Waals surface area contributed by atoms with Crippen LogP contribution in [0.3, 0.4) is 0 Å². The van der Waals surface area contributed by atoms with Gasteiger partial charge in [0, 0.05) is 6.04 Å². The minimum absolute atomic E-state index is 0.172. The zero-order valence-electron chi connectivity index (χ0n) is 13.8. The van der Waals surface area contributed by atoms with Gasteiger partial charge in [-0.05, 0) is 30.4 Å². The molecule has 0 aromatic heterocycles. The Bertz CT molecular complexity index is 517. The highest BCUT2D eigenvalue weighted by atomic mass is 16.6. The molecule has 1 fully saturated rings. The molecule has 3 atom stereocenters. The molecule has 0 heterocycles. The van der Waals surface area contributed by atoms with Gasteiger partial charge >= 0.3 is 5.97 Å². The molecular formula is C18H25NO4. The molecule has 2 rings (SSSR count). The summed E-state index contributed by atoms with van der Waals surface area (Å²) < 4.78 is 10.2. The van der Waals surface area contributed by atoms with Gasteiger partial charge in [-0.3, -0.25) is 4.79 Å². The second kappa shape index (κ2) is 8.56. The molecule has 1 aromatic carbocycles. The first-order valence-electron chi connectivity index (χ1n) is 8.19. The van der Waals surface area contributed by atoms with Crippen molar-refractivity contribution < 1.29 is 19.1 Å². The summed E-state index contributed by atoms with van der Waals surface area (Å²) in [6.45, 7) is 3.92. The Morgan fingerprint density at radius 3 is 2.61 bits per heavy atom. The zero-order chi connectivity index (χ0) is 16.7. The van der Waals surface area contributed by atoms with Crippen LogP contribution in [0.2, 0.25) is 0 Å². The number of esters is 1. The van der Waals surface area contributed by atoms with Crippen LogP contribution in [0, 0.1) is 11.8 Å². The Balaban J connectivity index is 1.66. The van der Waals surface area contributed by atoms with Gasteiger partial charge < -0.3 is 14.8 Å². The summed E-state index contributed by atoms with van der Waals surface area (Å²) in [6, 6.07) is 9.19. The maximum absolute atomic E-state index is 11.9. The molecule has 5 heteroatoms. The van der Waals surface area contributed by atoms with E-state index in [2.05, 4.69) is 19.2 Å². The summed E-state index contributed by atoms with van der Waals surface area (Å²) in [5.41, 5.74) is 0. The second-order valence-electron chi connectivity index (χ2n) is 6.20. The number of rotatable bonds is 6. The van der Waals surface area contributed by atoms with Crippen molar-refractivity contribution in [1.82, 2.24) is 5.32 Å². The standard InChI is InChI=1S/C18H25NO4/c1-13-7-6-10-16(14(13)2)19-17(20)11-23-18(21)12-22-15-8-4-3-5-9-15/h3-5,8-9,13-14,16H,6-7,10-12H2,1-2H3,(H,19,20)/t13-,14+,16+/m0/s1. The molecule has 5 nitrogen and oxygen atoms in total. The quantitative estimate of drug-likeness (QED) is 0.819. The van der Waals surface area contributed by atoms with Crippen molar-refractivity contribution in [1.29, 1.82) is 0 Å². The highest BCUT2D eigenvalue weighted by molar-refractivity contribution is 5.81. The first-order valence-corrected chi connectivity index (χ1v) is 8.19. The molecular weight excluding hydrogens is 294 g/mol. The number of hydrogen-bond donors (Lipinski definition) is 1. The lowest BCUT2D eigenvalue weighted by Gasteiger charge is -2.34. The SMILES string of the molecule is C[C@@H]1[C@@H](C)CCC[C@H]1NC(=O)COC(=O)COc1ccccc1. The van der Waals surface area contributed by atoms with Crippen molar-refractivity contribution in [2.45, 2.75) is 39.2 Å². The fourth-order valence-electron chi connectivity index (χ4n) is 2.88. The minimum Gasteiger partial charge on any atom is -0.482 e. The summed E-state index contributed by atoms with van der Waals surface area (Å²) in [6.07, 6.45) is 3.32. The van der Waals surface area contributed by atoms with Gasteiger partial charge in [-0.15, -0.1) is 0 Å². The third-order valence-corrected chi connectivity index (χ3v) is 4.52. The Hall–Kier alpha value is -2.04. The lowest BCUT2D eigenvalue weighted by atomic mass is 9.78. The van der Waals surface area contributed by atoms with E-state index in [1.165, 1.54) is 6.42 Å². The zero-order valence-corrected chi connectivity index (χ0v) is 13.8. The molecule has 126 valence electrons. The van der Waals surface area contributed by atoms with Crippen molar-refractivity contribution in [3.63, 3.8) is 0 Å². The molecule has 1 N–H and O–H groups in total. The van der Waals surface area contributed by atoms with E-state index in [9.17, 15) is 9.59 Å². The monoisotopic (exact) mass is 319 g/mol. The van der Waals surface area contributed by atoms with E-state index in [1.54, 1.807) is 12.1 Å². The van der Waals surface area contributed by atoms with Gasteiger partial charge in [-0.2, -0.15) is 0 Å². The molecule has 23 heavy (non-hydrogen) atoms. The van der Waals surface area contributed by atoms with Crippen LogP contribution in [-0.4, -0.2) is 31.1 Å². The lowest BCUT2D eigenvalue weighted by molar-refractivity contribution is -0.150. The van der Waals surface area contributed by atoms with Gasteiger partial charge in [-0.25, -0.2) is 4.79 Å². The van der Waals surface area contributed by atoms with E-state index in [1.807, 2.05) is 18.2 Å². The average Bonchev–Trinajstić information content (AvgIpc) is 2.56. The molecule has 0 spiro atoms. The molecule has 0 saturated heterocycles. The van der Waals surface area contributed by atoms with E-state index in [4.69, 9.17) is 9.47 Å². The van der Waals surface area contributed by atoms with Crippen molar-refractivity contribution in [3.8, 4) is 5.75 Å². The summed E-state index contributed by atoms with van der Waals surface area (Å²) in [4.78, 5) is 23.5. The predicted molar refractivity (Wildman–Crippen MR) is 87.0 cm³/mol. The predicted octanol–water partition coefficient (Wildman–Crippen LogP) is 2.55. The van der Waals surface area contributed by atoms with Crippen LogP contribution in [-0.2, 0) is 14.3 Å². The maximum atomic E-state index is 11.9. The second-order valence-corrected chi connectivity index (χ2v) is 6.20. The van der Waals surface area contributed by atoms with Gasteiger partial charge in [0.25, 0.3) is 5.91 Å². The van der Waals surface area contributed by atoms with Crippen LogP contribution in [0.25, 0.3) is 0 Å². The van der Waals surface area contributed by atoms with Crippen LogP contribution in [0.4, 0.5) is 0 Å². The number of amides is 1. The molecule has 0 bridgehead atoms. The van der Waals surface area contributed by atoms with Crippen LogP contribution < -0.4 is 10.1 Å². The van der Waals surface area contributed by atoms with Gasteiger partial charge in [0.05, 0.1) is 0 Å². The van der Waals surface area contributed by atoms with Gasteiger partial charge in [0.2, 0.25) is 0 Å². The van der Waals surface area contributed by atoms with Crippen LogP contribution >= 0.6 is 0 Å². The fraction of sp³-hybridized carbons (Fsp3) is 0.556. The minimum atomic E-state index is -0.547. The molecule has 1 aliphatic rings. The first kappa shape index (κ1) is 17.3. The smallest absolute Gasteiger partial charge is 0.344 e. The largest absolute Gasteiger partial charge is 0.482 e. The topological polar surface area (TPSA) is 64.6 Å². The maximum Gasteiger partial charge on any atom is 0.344 e. The van der Waals surface area contributed by atoms with Crippen molar-refractivity contribution in [2.24, 2.45) is 11.8 Å². The van der Waals surface area contributed by atoms with Crippen molar-refractivity contribution >= 4 is 11.9 Å². The molecule has 1 amide bonds. The lowest BCUT2D eigenvalue weighted by Crippen LogP contribution is -2.45. The highest BCUT2D eigenvalue weighted by Gasteiger charge is 2.28. The number of hydrogen-bond acceptors (Lipinski definition) is 4. The number of benzene rings is 1. The summed E-state index contributed by atoms with van der Waals surface area (Å²) in [5.74, 6) is 0.859. The number of nitrogens with one attached hydrogen (secondary N) is 1. The van der Waals surface area contributed by atoms with Crippen LogP contribution in [0.5, 0.6) is 5.75 Å². The molecule has 1 aliphatic carbocycles. The molecule has 0 aliphatic heterocycles. The van der Waals surface area contributed by atoms with Crippen molar-refractivity contribution in [2.75, 3.05) is 13.2 Å². The summed E-state index contributed by atoms with van der Waals surface area (Å²) in [7, 11) is 0. The molecule has 1 aromatic rings. The summed E-state index contributed by atoms with van der Waals surface area (Å²) in [5, 5.41) is 2.97. The van der Waals surface area contributed by atoms with E-state index >= 15 is 0 Å². The van der Waals surface area contributed by atoms with Crippen molar-refractivity contribution in [3.05, 3.63) is 30.3 Å². The van der Waals surface area contributed by atoms with Gasteiger partial charge in [-0.1, -0.05) is 44.9 Å². The Kier molecular flexibility index (Phi) is 6.44. The van der Waals surface area contributed by atoms with E-state index in [0.717, 1.165) is 12.8 Å². The average molecular weight is 319 g/mol. The van der Waals surface area contributed by atoms with E-state index in [0.29, 0.717) is 17.6 Å². The Morgan fingerprint density at radius 1 is 1.13 bits per heavy atom. The van der Waals surface area contributed by atoms with Crippen LogP contribution in [0.1, 0.15) is 33.1 Å². The van der Waals surface area contributed by atoms with E-state index < -0.39 is 5.97 Å². The first-order chi connectivity index (χ1) is 11.1. The molecule has 0 radical (unpaired) electrons.